The molecule has 0 aromatic heterocycles. The number of hydrogen-bond donors (Lipinski definition) is 2. The molecule has 1 aliphatic heterocycles. The topological polar surface area (TPSA) is 69.6 Å². The maximum atomic E-state index is 12.9. The molecule has 5 nitrogen and oxygen atoms in total. The third-order valence-electron chi connectivity index (χ3n) is 3.63. The minimum absolute atomic E-state index is 0.307. The number of carboxylic acids is 1. The summed E-state index contributed by atoms with van der Waals surface area (Å²) in [5, 5.41) is 11.9. The fourth-order valence-electron chi connectivity index (χ4n) is 2.53. The van der Waals surface area contributed by atoms with E-state index in [-0.39, 0.29) is 13.1 Å². The molecule has 1 heterocycles. The highest BCUT2D eigenvalue weighted by molar-refractivity contribution is 6.30. The summed E-state index contributed by atoms with van der Waals surface area (Å²) in [6.45, 7) is -1.12. The van der Waals surface area contributed by atoms with Crippen molar-refractivity contribution in [3.63, 3.8) is 0 Å². The molecule has 0 spiro atoms. The van der Waals surface area contributed by atoms with Gasteiger partial charge in [0, 0.05) is 23.8 Å². The number of hydrogen-bond acceptors (Lipinski definition) is 3. The van der Waals surface area contributed by atoms with Crippen LogP contribution >= 0.6 is 11.6 Å². The number of carbonyl (C=O) groups excluding carboxylic acids is 1. The number of carbonyl (C=O) groups is 2. The first-order chi connectivity index (χ1) is 10.7. The van der Waals surface area contributed by atoms with Crippen LogP contribution in [-0.2, 0) is 9.59 Å². The highest BCUT2D eigenvalue weighted by Crippen LogP contribution is 2.37. The lowest BCUT2D eigenvalue weighted by molar-refractivity contribution is -0.188. The van der Waals surface area contributed by atoms with Crippen LogP contribution in [0.3, 0.4) is 0 Å². The second-order valence-electron chi connectivity index (χ2n) is 5.34. The second kappa shape index (κ2) is 6.76. The van der Waals surface area contributed by atoms with E-state index in [1.165, 1.54) is 4.90 Å². The highest BCUT2D eigenvalue weighted by Gasteiger charge is 2.52. The Balaban J connectivity index is 1.96. The van der Waals surface area contributed by atoms with Gasteiger partial charge in [0.2, 0.25) is 5.91 Å². The summed E-state index contributed by atoms with van der Waals surface area (Å²) < 4.78 is 38.6. The third kappa shape index (κ3) is 4.59. The first-order valence-corrected chi connectivity index (χ1v) is 7.12. The molecule has 0 aliphatic carbocycles. The molecule has 0 radical (unpaired) electrons. The van der Waals surface area contributed by atoms with Crippen molar-refractivity contribution in [2.75, 3.05) is 25.0 Å². The third-order valence-corrected chi connectivity index (χ3v) is 3.88. The van der Waals surface area contributed by atoms with Crippen molar-refractivity contribution < 1.29 is 27.9 Å². The molecule has 1 aliphatic rings. The molecule has 2 rings (SSSR count). The summed E-state index contributed by atoms with van der Waals surface area (Å²) in [4.78, 5) is 24.0. The number of rotatable bonds is 4. The lowest BCUT2D eigenvalue weighted by Crippen LogP contribution is -2.34. The Hall–Kier alpha value is -1.80. The number of nitrogens with one attached hydrogen (secondary N) is 1. The second-order valence-corrected chi connectivity index (χ2v) is 5.78. The summed E-state index contributed by atoms with van der Waals surface area (Å²) in [7, 11) is 0. The number of nitrogens with zero attached hydrogens (tertiary/aromatic N) is 1. The zero-order valence-electron chi connectivity index (χ0n) is 11.8. The Kier molecular flexibility index (Phi) is 5.16. The van der Waals surface area contributed by atoms with Crippen molar-refractivity contribution >= 4 is 29.2 Å². The summed E-state index contributed by atoms with van der Waals surface area (Å²) >= 11 is 5.71. The molecule has 0 saturated carbocycles. The van der Waals surface area contributed by atoms with Crippen LogP contribution in [0.2, 0.25) is 5.02 Å². The molecule has 2 atom stereocenters. The summed E-state index contributed by atoms with van der Waals surface area (Å²) in [5.74, 6) is -5.55. The lowest BCUT2D eigenvalue weighted by atomic mass is 9.96. The summed E-state index contributed by atoms with van der Waals surface area (Å²) in [6, 6.07) is 6.24. The Bertz CT molecular complexity index is 592. The van der Waals surface area contributed by atoms with E-state index in [9.17, 15) is 22.8 Å². The van der Waals surface area contributed by atoms with Gasteiger partial charge >= 0.3 is 12.1 Å². The van der Waals surface area contributed by atoms with Crippen molar-refractivity contribution in [1.29, 1.82) is 0 Å². The van der Waals surface area contributed by atoms with E-state index >= 15 is 0 Å². The SMILES string of the molecule is O=C(CN1C[C@@H](C(F)(F)F)[C@H](C(=O)O)C1)Nc1ccc(Cl)cc1. The van der Waals surface area contributed by atoms with Crippen LogP contribution in [0.1, 0.15) is 0 Å². The van der Waals surface area contributed by atoms with Gasteiger partial charge < -0.3 is 10.4 Å². The van der Waals surface area contributed by atoms with E-state index in [2.05, 4.69) is 5.32 Å². The molecule has 9 heteroatoms. The molecule has 23 heavy (non-hydrogen) atoms. The number of benzene rings is 1. The molecule has 1 aromatic carbocycles. The maximum absolute atomic E-state index is 12.9. The fraction of sp³-hybridized carbons (Fsp3) is 0.429. The lowest BCUT2D eigenvalue weighted by Gasteiger charge is -2.18. The number of amides is 1. The molecule has 1 aromatic rings. The number of aliphatic carboxylic acids is 1. The molecule has 126 valence electrons. The van der Waals surface area contributed by atoms with Crippen molar-refractivity contribution in [3.8, 4) is 0 Å². The quantitative estimate of drug-likeness (QED) is 0.875. The number of carboxylic acid groups (broad SMARTS) is 1. The normalized spacial score (nSPS) is 22.1. The predicted octanol–water partition coefficient (Wildman–Crippen LogP) is 2.47. The number of likely N-dealkylation sites (tertiary alicyclic amines) is 1. The molecular formula is C14H14ClF3N2O3. The van der Waals surface area contributed by atoms with Gasteiger partial charge in [0.25, 0.3) is 0 Å². The van der Waals surface area contributed by atoms with Crippen LogP contribution in [0.15, 0.2) is 24.3 Å². The average molecular weight is 351 g/mol. The summed E-state index contributed by atoms with van der Waals surface area (Å²) in [5.41, 5.74) is 0.459. The monoisotopic (exact) mass is 350 g/mol. The Morgan fingerprint density at radius 1 is 1.26 bits per heavy atom. The van der Waals surface area contributed by atoms with Gasteiger partial charge in [-0.2, -0.15) is 13.2 Å². The molecular weight excluding hydrogens is 337 g/mol. The first kappa shape index (κ1) is 17.6. The minimum atomic E-state index is -4.61. The predicted molar refractivity (Wildman–Crippen MR) is 77.2 cm³/mol. The van der Waals surface area contributed by atoms with Gasteiger partial charge in [-0.05, 0) is 24.3 Å². The molecule has 1 fully saturated rings. The molecule has 0 bridgehead atoms. The zero-order valence-corrected chi connectivity index (χ0v) is 12.6. The maximum Gasteiger partial charge on any atom is 0.393 e. The van der Waals surface area contributed by atoms with Crippen LogP contribution in [0.5, 0.6) is 0 Å². The van der Waals surface area contributed by atoms with E-state index in [1.807, 2.05) is 0 Å². The average Bonchev–Trinajstić information content (AvgIpc) is 2.85. The van der Waals surface area contributed by atoms with Crippen molar-refractivity contribution in [1.82, 2.24) is 4.90 Å². The van der Waals surface area contributed by atoms with Gasteiger partial charge in [-0.1, -0.05) is 11.6 Å². The number of alkyl halides is 3. The van der Waals surface area contributed by atoms with Crippen molar-refractivity contribution in [2.24, 2.45) is 11.8 Å². The largest absolute Gasteiger partial charge is 0.481 e. The first-order valence-electron chi connectivity index (χ1n) is 6.74. The Labute approximate surface area is 135 Å². The van der Waals surface area contributed by atoms with E-state index in [0.717, 1.165) is 0 Å². The van der Waals surface area contributed by atoms with E-state index in [0.29, 0.717) is 10.7 Å². The standard InChI is InChI=1S/C14H14ClF3N2O3/c15-8-1-3-9(4-2-8)19-12(21)7-20-5-10(13(22)23)11(6-20)14(16,17)18/h1-4,10-11H,5-7H2,(H,19,21)(H,22,23)/t10-,11-/m1/s1. The molecule has 1 saturated heterocycles. The van der Waals surface area contributed by atoms with Crippen LogP contribution in [0.25, 0.3) is 0 Å². The summed E-state index contributed by atoms with van der Waals surface area (Å²) in [6.07, 6.45) is -4.61. The van der Waals surface area contributed by atoms with E-state index in [1.54, 1.807) is 24.3 Å². The van der Waals surface area contributed by atoms with E-state index < -0.39 is 36.4 Å². The molecule has 1 amide bonds. The van der Waals surface area contributed by atoms with Gasteiger partial charge in [0.1, 0.15) is 0 Å². The van der Waals surface area contributed by atoms with Crippen molar-refractivity contribution in [3.05, 3.63) is 29.3 Å². The fourth-order valence-corrected chi connectivity index (χ4v) is 2.66. The van der Waals surface area contributed by atoms with Gasteiger partial charge in [0.15, 0.2) is 0 Å². The highest BCUT2D eigenvalue weighted by atomic mass is 35.5. The zero-order chi connectivity index (χ0) is 17.2. The smallest absolute Gasteiger partial charge is 0.393 e. The van der Waals surface area contributed by atoms with Gasteiger partial charge in [-0.25, -0.2) is 0 Å². The van der Waals surface area contributed by atoms with Gasteiger partial charge in [-0.15, -0.1) is 0 Å². The Morgan fingerprint density at radius 2 is 1.87 bits per heavy atom. The van der Waals surface area contributed by atoms with E-state index in [4.69, 9.17) is 16.7 Å². The van der Waals surface area contributed by atoms with Crippen LogP contribution in [0, 0.1) is 11.8 Å². The number of halogens is 4. The van der Waals surface area contributed by atoms with Gasteiger partial charge in [0.05, 0.1) is 18.4 Å². The van der Waals surface area contributed by atoms with Gasteiger partial charge in [-0.3, -0.25) is 14.5 Å². The van der Waals surface area contributed by atoms with Crippen LogP contribution in [-0.4, -0.2) is 47.7 Å². The molecule has 0 unspecified atom stereocenters. The Morgan fingerprint density at radius 3 is 2.35 bits per heavy atom. The van der Waals surface area contributed by atoms with Crippen LogP contribution < -0.4 is 5.32 Å². The minimum Gasteiger partial charge on any atom is -0.481 e. The number of anilines is 1. The van der Waals surface area contributed by atoms with Crippen LogP contribution in [0.4, 0.5) is 18.9 Å². The van der Waals surface area contributed by atoms with Crippen molar-refractivity contribution in [2.45, 2.75) is 6.18 Å². The molecule has 2 N–H and O–H groups in total.